The number of hydrogen-bond donors (Lipinski definition) is 1. The van der Waals surface area contributed by atoms with E-state index >= 15 is 0 Å². The van der Waals surface area contributed by atoms with E-state index in [2.05, 4.69) is 5.32 Å². The average molecular weight is 214 g/mol. The summed E-state index contributed by atoms with van der Waals surface area (Å²) in [6, 6.07) is 0. The standard InChI is InChI=1S/C10H18N2OS/c13-10-6-11-3-4-12(10)7-9-2-1-5-14-8-9/h9,11H,1-8H2. The zero-order valence-electron chi connectivity index (χ0n) is 8.50. The first kappa shape index (κ1) is 10.3. The topological polar surface area (TPSA) is 32.3 Å². The molecule has 0 spiro atoms. The predicted octanol–water partition coefficient (Wildman–Crippen LogP) is 0.561. The number of piperazine rings is 1. The number of rotatable bonds is 2. The van der Waals surface area contributed by atoms with E-state index in [9.17, 15) is 4.79 Å². The number of carbonyl (C=O) groups excluding carboxylic acids is 1. The van der Waals surface area contributed by atoms with E-state index in [1.807, 2.05) is 16.7 Å². The lowest BCUT2D eigenvalue weighted by Crippen LogP contribution is -2.49. The van der Waals surface area contributed by atoms with Crippen LogP contribution in [0.15, 0.2) is 0 Å². The normalized spacial score (nSPS) is 29.3. The van der Waals surface area contributed by atoms with E-state index in [4.69, 9.17) is 0 Å². The van der Waals surface area contributed by atoms with Crippen molar-refractivity contribution in [2.75, 3.05) is 37.7 Å². The third kappa shape index (κ3) is 2.64. The number of nitrogens with one attached hydrogen (secondary N) is 1. The molecule has 0 aromatic rings. The Morgan fingerprint density at radius 1 is 1.57 bits per heavy atom. The Morgan fingerprint density at radius 3 is 3.21 bits per heavy atom. The van der Waals surface area contributed by atoms with Crippen molar-refractivity contribution in [2.24, 2.45) is 5.92 Å². The van der Waals surface area contributed by atoms with Crippen molar-refractivity contribution in [1.82, 2.24) is 10.2 Å². The number of amides is 1. The molecule has 0 aliphatic carbocycles. The summed E-state index contributed by atoms with van der Waals surface area (Å²) in [5.41, 5.74) is 0. The van der Waals surface area contributed by atoms with Crippen LogP contribution in [0.3, 0.4) is 0 Å². The molecule has 2 rings (SSSR count). The van der Waals surface area contributed by atoms with Gasteiger partial charge in [0.25, 0.3) is 0 Å². The number of thioether (sulfide) groups is 1. The van der Waals surface area contributed by atoms with Gasteiger partial charge in [0.05, 0.1) is 6.54 Å². The molecule has 2 saturated heterocycles. The first-order valence-electron chi connectivity index (χ1n) is 5.42. The summed E-state index contributed by atoms with van der Waals surface area (Å²) < 4.78 is 0. The Kier molecular flexibility index (Phi) is 3.70. The van der Waals surface area contributed by atoms with Gasteiger partial charge in [-0.2, -0.15) is 11.8 Å². The molecule has 1 atom stereocenters. The maximum Gasteiger partial charge on any atom is 0.236 e. The van der Waals surface area contributed by atoms with Crippen LogP contribution in [0.5, 0.6) is 0 Å². The molecule has 0 aromatic carbocycles. The second-order valence-electron chi connectivity index (χ2n) is 4.10. The number of carbonyl (C=O) groups is 1. The third-order valence-corrected chi connectivity index (χ3v) is 4.21. The highest BCUT2D eigenvalue weighted by Crippen LogP contribution is 2.23. The van der Waals surface area contributed by atoms with Crippen LogP contribution in [0.2, 0.25) is 0 Å². The summed E-state index contributed by atoms with van der Waals surface area (Å²) in [6.07, 6.45) is 2.64. The Hall–Kier alpha value is -0.220. The fourth-order valence-electron chi connectivity index (χ4n) is 2.10. The molecule has 1 unspecified atom stereocenters. The molecule has 14 heavy (non-hydrogen) atoms. The average Bonchev–Trinajstić information content (AvgIpc) is 2.23. The fourth-order valence-corrected chi connectivity index (χ4v) is 3.24. The van der Waals surface area contributed by atoms with Crippen molar-refractivity contribution in [3.63, 3.8) is 0 Å². The molecule has 4 heteroatoms. The lowest BCUT2D eigenvalue weighted by Gasteiger charge is -2.32. The lowest BCUT2D eigenvalue weighted by atomic mass is 10.0. The summed E-state index contributed by atoms with van der Waals surface area (Å²) in [7, 11) is 0. The Morgan fingerprint density at radius 2 is 2.50 bits per heavy atom. The van der Waals surface area contributed by atoms with Gasteiger partial charge >= 0.3 is 0 Å². The van der Waals surface area contributed by atoms with Gasteiger partial charge in [0, 0.05) is 19.6 Å². The molecular weight excluding hydrogens is 196 g/mol. The second-order valence-corrected chi connectivity index (χ2v) is 5.25. The van der Waals surface area contributed by atoms with E-state index in [0.717, 1.165) is 25.6 Å². The van der Waals surface area contributed by atoms with Gasteiger partial charge in [0.1, 0.15) is 0 Å². The van der Waals surface area contributed by atoms with Crippen molar-refractivity contribution < 1.29 is 4.79 Å². The SMILES string of the molecule is O=C1CNCCN1CC1CCCSC1. The second kappa shape index (κ2) is 5.03. The molecule has 0 saturated carbocycles. The first-order chi connectivity index (χ1) is 6.86. The molecule has 2 aliphatic heterocycles. The minimum atomic E-state index is 0.284. The maximum atomic E-state index is 11.5. The van der Waals surface area contributed by atoms with Crippen LogP contribution in [-0.2, 0) is 4.79 Å². The van der Waals surface area contributed by atoms with Crippen molar-refractivity contribution in [2.45, 2.75) is 12.8 Å². The minimum absolute atomic E-state index is 0.284. The van der Waals surface area contributed by atoms with Crippen molar-refractivity contribution in [1.29, 1.82) is 0 Å². The first-order valence-corrected chi connectivity index (χ1v) is 6.58. The molecule has 80 valence electrons. The van der Waals surface area contributed by atoms with Gasteiger partial charge in [0.2, 0.25) is 5.91 Å². The summed E-state index contributed by atoms with van der Waals surface area (Å²) in [5.74, 6) is 3.59. The van der Waals surface area contributed by atoms with Gasteiger partial charge < -0.3 is 10.2 Å². The van der Waals surface area contributed by atoms with E-state index in [-0.39, 0.29) is 5.91 Å². The maximum absolute atomic E-state index is 11.5. The molecule has 0 aromatic heterocycles. The van der Waals surface area contributed by atoms with Gasteiger partial charge in [-0.15, -0.1) is 0 Å². The molecule has 0 bridgehead atoms. The molecule has 2 fully saturated rings. The van der Waals surface area contributed by atoms with Crippen molar-refractivity contribution in [3.05, 3.63) is 0 Å². The molecule has 2 heterocycles. The van der Waals surface area contributed by atoms with Crippen LogP contribution < -0.4 is 5.32 Å². The van der Waals surface area contributed by atoms with Crippen molar-refractivity contribution in [3.8, 4) is 0 Å². The predicted molar refractivity (Wildman–Crippen MR) is 59.5 cm³/mol. The summed E-state index contributed by atoms with van der Waals surface area (Å²) in [5, 5.41) is 3.11. The van der Waals surface area contributed by atoms with E-state index < -0.39 is 0 Å². The smallest absolute Gasteiger partial charge is 0.236 e. The van der Waals surface area contributed by atoms with Gasteiger partial charge in [0.15, 0.2) is 0 Å². The minimum Gasteiger partial charge on any atom is -0.340 e. The molecular formula is C10H18N2OS. The van der Waals surface area contributed by atoms with Crippen LogP contribution in [0.1, 0.15) is 12.8 Å². The zero-order valence-corrected chi connectivity index (χ0v) is 9.31. The highest BCUT2D eigenvalue weighted by molar-refractivity contribution is 7.99. The van der Waals surface area contributed by atoms with Crippen LogP contribution in [0, 0.1) is 5.92 Å². The van der Waals surface area contributed by atoms with Gasteiger partial charge in [-0.1, -0.05) is 0 Å². The molecule has 1 amide bonds. The van der Waals surface area contributed by atoms with E-state index in [0.29, 0.717) is 6.54 Å². The summed E-state index contributed by atoms with van der Waals surface area (Å²) in [6.45, 7) is 3.40. The number of nitrogens with zero attached hydrogens (tertiary/aromatic N) is 1. The fraction of sp³-hybridized carbons (Fsp3) is 0.900. The van der Waals surface area contributed by atoms with E-state index in [1.54, 1.807) is 0 Å². The summed E-state index contributed by atoms with van der Waals surface area (Å²) >= 11 is 2.04. The molecule has 2 aliphatic rings. The quantitative estimate of drug-likeness (QED) is 0.729. The van der Waals surface area contributed by atoms with Gasteiger partial charge in [-0.3, -0.25) is 4.79 Å². The molecule has 3 nitrogen and oxygen atoms in total. The molecule has 0 radical (unpaired) electrons. The van der Waals surface area contributed by atoms with Gasteiger partial charge in [-0.05, 0) is 30.3 Å². The molecule has 1 N–H and O–H groups in total. The van der Waals surface area contributed by atoms with E-state index in [1.165, 1.54) is 24.3 Å². The zero-order chi connectivity index (χ0) is 9.80. The Bertz CT molecular complexity index is 204. The largest absolute Gasteiger partial charge is 0.340 e. The monoisotopic (exact) mass is 214 g/mol. The van der Waals surface area contributed by atoms with Crippen molar-refractivity contribution >= 4 is 17.7 Å². The Labute approximate surface area is 89.6 Å². The highest BCUT2D eigenvalue weighted by Gasteiger charge is 2.22. The Balaban J connectivity index is 1.79. The van der Waals surface area contributed by atoms with Crippen LogP contribution in [-0.4, -0.2) is 48.5 Å². The highest BCUT2D eigenvalue weighted by atomic mass is 32.2. The van der Waals surface area contributed by atoms with Crippen LogP contribution in [0.25, 0.3) is 0 Å². The lowest BCUT2D eigenvalue weighted by molar-refractivity contribution is -0.132. The van der Waals surface area contributed by atoms with Crippen LogP contribution in [0.4, 0.5) is 0 Å². The number of hydrogen-bond acceptors (Lipinski definition) is 3. The summed E-state index contributed by atoms with van der Waals surface area (Å²) in [4.78, 5) is 13.6. The third-order valence-electron chi connectivity index (χ3n) is 2.92. The van der Waals surface area contributed by atoms with Crippen LogP contribution >= 0.6 is 11.8 Å². The van der Waals surface area contributed by atoms with Gasteiger partial charge in [-0.25, -0.2) is 0 Å².